The number of amides is 1. The van der Waals surface area contributed by atoms with Gasteiger partial charge in [-0.15, -0.1) is 0 Å². The van der Waals surface area contributed by atoms with Gasteiger partial charge < -0.3 is 15.4 Å². The van der Waals surface area contributed by atoms with Crippen LogP contribution in [0.1, 0.15) is 30.6 Å². The molecule has 2 rings (SSSR count). The second-order valence-electron chi connectivity index (χ2n) is 5.35. The first-order valence-corrected chi connectivity index (χ1v) is 6.29. The van der Waals surface area contributed by atoms with Crippen LogP contribution in [-0.2, 0) is 0 Å². The lowest BCUT2D eigenvalue weighted by molar-refractivity contribution is 0.0633. The summed E-state index contributed by atoms with van der Waals surface area (Å²) in [7, 11) is 1.46. The van der Waals surface area contributed by atoms with Gasteiger partial charge in [0.2, 0.25) is 0 Å². The summed E-state index contributed by atoms with van der Waals surface area (Å²) in [4.78, 5) is 14.3. The van der Waals surface area contributed by atoms with E-state index in [4.69, 9.17) is 10.5 Å². The van der Waals surface area contributed by atoms with Crippen molar-refractivity contribution >= 4 is 5.91 Å². The molecule has 0 aliphatic carbocycles. The van der Waals surface area contributed by atoms with Crippen LogP contribution >= 0.6 is 0 Å². The molecule has 0 spiro atoms. The van der Waals surface area contributed by atoms with E-state index < -0.39 is 11.4 Å². The van der Waals surface area contributed by atoms with Crippen LogP contribution in [-0.4, -0.2) is 36.0 Å². The largest absolute Gasteiger partial charge is 0.496 e. The molecule has 1 aromatic carbocycles. The van der Waals surface area contributed by atoms with Crippen molar-refractivity contribution in [3.63, 3.8) is 0 Å². The monoisotopic (exact) mass is 266 g/mol. The number of nitrogens with zero attached hydrogens (tertiary/aromatic N) is 1. The lowest BCUT2D eigenvalue weighted by Gasteiger charge is -2.34. The van der Waals surface area contributed by atoms with Gasteiger partial charge >= 0.3 is 0 Å². The molecule has 1 aromatic rings. The van der Waals surface area contributed by atoms with Gasteiger partial charge in [0.25, 0.3) is 5.91 Å². The number of hydrogen-bond donors (Lipinski definition) is 1. The highest BCUT2D eigenvalue weighted by atomic mass is 19.1. The molecule has 0 aromatic heterocycles. The van der Waals surface area contributed by atoms with Gasteiger partial charge in [-0.3, -0.25) is 4.79 Å². The third-order valence-corrected chi connectivity index (χ3v) is 3.90. The first-order chi connectivity index (χ1) is 8.87. The lowest BCUT2D eigenvalue weighted by atomic mass is 9.96. The first kappa shape index (κ1) is 13.8. The molecular formula is C14H19FN2O2. The van der Waals surface area contributed by atoms with Crippen LogP contribution in [0.2, 0.25) is 0 Å². The Kier molecular flexibility index (Phi) is 3.49. The second-order valence-corrected chi connectivity index (χ2v) is 5.35. The number of carbonyl (C=O) groups is 1. The predicted molar refractivity (Wildman–Crippen MR) is 70.7 cm³/mol. The summed E-state index contributed by atoms with van der Waals surface area (Å²) in [5.41, 5.74) is 5.82. The molecule has 0 bridgehead atoms. The maximum atomic E-state index is 13.3. The Labute approximate surface area is 112 Å². The number of likely N-dealkylation sites (tertiary alicyclic amines) is 1. The van der Waals surface area contributed by atoms with E-state index in [9.17, 15) is 9.18 Å². The number of halogens is 1. The Morgan fingerprint density at radius 3 is 2.74 bits per heavy atom. The summed E-state index contributed by atoms with van der Waals surface area (Å²) in [6.07, 6.45) is 0.746. The molecule has 1 aliphatic heterocycles. The summed E-state index contributed by atoms with van der Waals surface area (Å²) in [6, 6.07) is 3.87. The number of rotatable bonds is 2. The Morgan fingerprint density at radius 1 is 1.53 bits per heavy atom. The fraction of sp³-hybridized carbons (Fsp3) is 0.500. The smallest absolute Gasteiger partial charge is 0.258 e. The maximum Gasteiger partial charge on any atom is 0.258 e. The van der Waals surface area contributed by atoms with Crippen molar-refractivity contribution in [2.24, 2.45) is 5.73 Å². The topological polar surface area (TPSA) is 55.6 Å². The lowest BCUT2D eigenvalue weighted by Crippen LogP contribution is -2.51. The number of benzene rings is 1. The summed E-state index contributed by atoms with van der Waals surface area (Å²) in [6.45, 7) is 4.43. The quantitative estimate of drug-likeness (QED) is 0.887. The summed E-state index contributed by atoms with van der Waals surface area (Å²) < 4.78 is 18.5. The van der Waals surface area contributed by atoms with Crippen LogP contribution in [0, 0.1) is 5.82 Å². The molecule has 5 heteroatoms. The minimum Gasteiger partial charge on any atom is -0.496 e. The zero-order chi connectivity index (χ0) is 14.2. The predicted octanol–water partition coefficient (Wildman–Crippen LogP) is 1.79. The third-order valence-electron chi connectivity index (χ3n) is 3.90. The zero-order valence-electron chi connectivity index (χ0n) is 11.4. The number of carbonyl (C=O) groups excluding carboxylic acids is 1. The number of hydrogen-bond acceptors (Lipinski definition) is 3. The van der Waals surface area contributed by atoms with E-state index in [1.807, 2.05) is 13.8 Å². The second kappa shape index (κ2) is 4.81. The van der Waals surface area contributed by atoms with Gasteiger partial charge in [0.15, 0.2) is 0 Å². The van der Waals surface area contributed by atoms with Crippen LogP contribution in [0.5, 0.6) is 5.75 Å². The Morgan fingerprint density at radius 2 is 2.21 bits per heavy atom. The highest BCUT2D eigenvalue weighted by Crippen LogP contribution is 2.31. The zero-order valence-corrected chi connectivity index (χ0v) is 11.4. The van der Waals surface area contributed by atoms with Gasteiger partial charge in [-0.05, 0) is 38.5 Å². The molecule has 19 heavy (non-hydrogen) atoms. The van der Waals surface area contributed by atoms with Gasteiger partial charge in [-0.1, -0.05) is 0 Å². The van der Waals surface area contributed by atoms with Crippen molar-refractivity contribution in [2.75, 3.05) is 13.7 Å². The van der Waals surface area contributed by atoms with Crippen molar-refractivity contribution in [2.45, 2.75) is 31.8 Å². The van der Waals surface area contributed by atoms with Gasteiger partial charge in [0, 0.05) is 12.6 Å². The molecule has 1 atom stereocenters. The molecule has 1 heterocycles. The molecular weight excluding hydrogens is 247 g/mol. The van der Waals surface area contributed by atoms with E-state index in [1.54, 1.807) is 4.90 Å². The van der Waals surface area contributed by atoms with Crippen molar-refractivity contribution < 1.29 is 13.9 Å². The molecule has 1 fully saturated rings. The highest BCUT2D eigenvalue weighted by molar-refractivity contribution is 5.97. The number of nitrogens with two attached hydrogens (primary N) is 1. The minimum absolute atomic E-state index is 0.0731. The Bertz CT molecular complexity index is 502. The first-order valence-electron chi connectivity index (χ1n) is 6.29. The molecule has 0 saturated carbocycles. The normalized spacial score (nSPS) is 21.5. The fourth-order valence-corrected chi connectivity index (χ4v) is 2.47. The summed E-state index contributed by atoms with van der Waals surface area (Å²) in [5, 5.41) is 0. The Hall–Kier alpha value is -1.62. The summed E-state index contributed by atoms with van der Waals surface area (Å²) in [5.74, 6) is -0.317. The van der Waals surface area contributed by atoms with Crippen LogP contribution in [0.15, 0.2) is 18.2 Å². The number of methoxy groups -OCH3 is 1. The van der Waals surface area contributed by atoms with Gasteiger partial charge in [0.1, 0.15) is 11.6 Å². The van der Waals surface area contributed by atoms with E-state index in [2.05, 4.69) is 0 Å². The van der Waals surface area contributed by atoms with Crippen LogP contribution in [0.3, 0.4) is 0 Å². The summed E-state index contributed by atoms with van der Waals surface area (Å²) >= 11 is 0. The van der Waals surface area contributed by atoms with Crippen molar-refractivity contribution in [3.05, 3.63) is 29.6 Å². The van der Waals surface area contributed by atoms with Crippen molar-refractivity contribution in [1.29, 1.82) is 0 Å². The van der Waals surface area contributed by atoms with Gasteiger partial charge in [-0.2, -0.15) is 0 Å². The number of ether oxygens (including phenoxy) is 1. The maximum absolute atomic E-state index is 13.3. The SMILES string of the molecule is COc1ccc(F)cc1C(=O)N1CCC(N)C1(C)C. The van der Waals surface area contributed by atoms with E-state index in [0.717, 1.165) is 6.42 Å². The molecule has 1 aliphatic rings. The van der Waals surface area contributed by atoms with Gasteiger partial charge in [-0.25, -0.2) is 4.39 Å². The average Bonchev–Trinajstić information content (AvgIpc) is 2.63. The third kappa shape index (κ3) is 2.30. The van der Waals surface area contributed by atoms with Crippen molar-refractivity contribution in [3.8, 4) is 5.75 Å². The standard InChI is InChI=1S/C14H19FN2O2/c1-14(2)12(16)6-7-17(14)13(18)10-8-9(15)4-5-11(10)19-3/h4-5,8,12H,6-7,16H2,1-3H3. The van der Waals surface area contributed by atoms with Crippen molar-refractivity contribution in [1.82, 2.24) is 4.90 Å². The van der Waals surface area contributed by atoms with E-state index in [-0.39, 0.29) is 17.5 Å². The van der Waals surface area contributed by atoms with E-state index in [0.29, 0.717) is 12.3 Å². The van der Waals surface area contributed by atoms with Crippen LogP contribution in [0.25, 0.3) is 0 Å². The molecule has 1 amide bonds. The highest BCUT2D eigenvalue weighted by Gasteiger charge is 2.42. The Balaban J connectivity index is 2.37. The van der Waals surface area contributed by atoms with Crippen LogP contribution < -0.4 is 10.5 Å². The molecule has 104 valence electrons. The molecule has 2 N–H and O–H groups in total. The van der Waals surface area contributed by atoms with Crippen LogP contribution in [0.4, 0.5) is 4.39 Å². The van der Waals surface area contributed by atoms with E-state index >= 15 is 0 Å². The molecule has 0 radical (unpaired) electrons. The fourth-order valence-electron chi connectivity index (χ4n) is 2.47. The molecule has 4 nitrogen and oxygen atoms in total. The molecule has 1 saturated heterocycles. The average molecular weight is 266 g/mol. The van der Waals surface area contributed by atoms with E-state index in [1.165, 1.54) is 25.3 Å². The van der Waals surface area contributed by atoms with Gasteiger partial charge in [0.05, 0.1) is 18.2 Å². The minimum atomic E-state index is -0.453. The molecule has 1 unspecified atom stereocenters.